The molecule has 0 fully saturated rings. The molecule has 0 bridgehead atoms. The number of anilines is 1. The number of halogens is 1. The molecule has 0 unspecified atom stereocenters. The monoisotopic (exact) mass is 332 g/mol. The van der Waals surface area contributed by atoms with Crippen molar-refractivity contribution >= 4 is 27.5 Å². The Kier molecular flexibility index (Phi) is 5.32. The second kappa shape index (κ2) is 7.22. The fraction of sp³-hybridized carbons (Fsp3) is 0.188. The van der Waals surface area contributed by atoms with E-state index in [0.29, 0.717) is 0 Å². The van der Waals surface area contributed by atoms with Crippen LogP contribution < -0.4 is 10.6 Å². The van der Waals surface area contributed by atoms with Gasteiger partial charge in [-0.25, -0.2) is 0 Å². The number of carbonyl (C=O) groups is 1. The summed E-state index contributed by atoms with van der Waals surface area (Å²) in [7, 11) is 0. The number of amides is 1. The number of rotatable bonds is 5. The first-order valence-corrected chi connectivity index (χ1v) is 7.29. The largest absolute Gasteiger partial charge is 0.324 e. The summed E-state index contributed by atoms with van der Waals surface area (Å²) in [4.78, 5) is 11.9. The summed E-state index contributed by atoms with van der Waals surface area (Å²) < 4.78 is 0.879. The molecule has 0 saturated carbocycles. The molecule has 2 N–H and O–H groups in total. The predicted octanol–water partition coefficient (Wildman–Crippen LogP) is 3.74. The third kappa shape index (κ3) is 4.18. The third-order valence-electron chi connectivity index (χ3n) is 3.02. The molecule has 3 nitrogen and oxygen atoms in total. The molecule has 2 aromatic carbocycles. The quantitative estimate of drug-likeness (QED) is 0.875. The molecule has 0 heterocycles. The second-order valence-corrected chi connectivity index (χ2v) is 5.40. The van der Waals surface area contributed by atoms with Crippen molar-refractivity contribution in [3.05, 3.63) is 64.6 Å². The highest BCUT2D eigenvalue weighted by Gasteiger charge is 2.08. The Hall–Kier alpha value is -1.65. The van der Waals surface area contributed by atoms with E-state index in [1.807, 2.05) is 61.5 Å². The molecule has 0 aliphatic rings. The third-order valence-corrected chi connectivity index (χ3v) is 3.71. The second-order valence-electron chi connectivity index (χ2n) is 4.54. The highest BCUT2D eigenvalue weighted by atomic mass is 79.9. The van der Waals surface area contributed by atoms with Crippen molar-refractivity contribution in [3.63, 3.8) is 0 Å². The van der Waals surface area contributed by atoms with Crippen molar-refractivity contribution in [2.24, 2.45) is 0 Å². The van der Waals surface area contributed by atoms with Gasteiger partial charge in [0, 0.05) is 10.5 Å². The van der Waals surface area contributed by atoms with Gasteiger partial charge in [-0.3, -0.25) is 4.79 Å². The van der Waals surface area contributed by atoms with Gasteiger partial charge in [0.15, 0.2) is 0 Å². The molecule has 0 aliphatic carbocycles. The van der Waals surface area contributed by atoms with Gasteiger partial charge in [0.05, 0.1) is 12.2 Å². The number of carbonyl (C=O) groups excluding carboxylic acids is 1. The van der Waals surface area contributed by atoms with Gasteiger partial charge in [0.2, 0.25) is 5.91 Å². The molecule has 0 aromatic heterocycles. The molecular formula is C16H17BrN2O. The SMILES string of the molecule is C[C@@H](NCC(=O)Nc1ccccc1Br)c1ccccc1. The lowest BCUT2D eigenvalue weighted by Gasteiger charge is -2.14. The summed E-state index contributed by atoms with van der Waals surface area (Å²) in [5, 5.41) is 6.08. The summed E-state index contributed by atoms with van der Waals surface area (Å²) in [5.74, 6) is -0.0559. The predicted molar refractivity (Wildman–Crippen MR) is 85.6 cm³/mol. The number of nitrogens with one attached hydrogen (secondary N) is 2. The summed E-state index contributed by atoms with van der Waals surface area (Å²) in [6.07, 6.45) is 0. The van der Waals surface area contributed by atoms with Crippen molar-refractivity contribution < 1.29 is 4.79 Å². The van der Waals surface area contributed by atoms with Crippen LogP contribution in [0.1, 0.15) is 18.5 Å². The molecule has 1 amide bonds. The Morgan fingerprint density at radius 3 is 2.45 bits per heavy atom. The summed E-state index contributed by atoms with van der Waals surface area (Å²) >= 11 is 3.41. The molecule has 0 aliphatic heterocycles. The minimum Gasteiger partial charge on any atom is -0.324 e. The maximum absolute atomic E-state index is 11.9. The summed E-state index contributed by atoms with van der Waals surface area (Å²) in [6.45, 7) is 2.32. The number of benzene rings is 2. The lowest BCUT2D eigenvalue weighted by atomic mass is 10.1. The first-order chi connectivity index (χ1) is 9.66. The molecule has 20 heavy (non-hydrogen) atoms. The van der Waals surface area contributed by atoms with E-state index in [2.05, 4.69) is 26.6 Å². The zero-order chi connectivity index (χ0) is 14.4. The van der Waals surface area contributed by atoms with Gasteiger partial charge < -0.3 is 10.6 Å². The van der Waals surface area contributed by atoms with Crippen LogP contribution in [0, 0.1) is 0 Å². The lowest BCUT2D eigenvalue weighted by Crippen LogP contribution is -2.30. The van der Waals surface area contributed by atoms with Crippen LogP contribution >= 0.6 is 15.9 Å². The average molecular weight is 333 g/mol. The van der Waals surface area contributed by atoms with E-state index in [-0.39, 0.29) is 18.5 Å². The molecular weight excluding hydrogens is 316 g/mol. The first kappa shape index (κ1) is 14.8. The number of hydrogen-bond acceptors (Lipinski definition) is 2. The van der Waals surface area contributed by atoms with Crippen molar-refractivity contribution in [1.29, 1.82) is 0 Å². The zero-order valence-electron chi connectivity index (χ0n) is 11.3. The number of hydrogen-bond donors (Lipinski definition) is 2. The summed E-state index contributed by atoms with van der Waals surface area (Å²) in [5.41, 5.74) is 1.95. The standard InChI is InChI=1S/C16H17BrN2O/c1-12(13-7-3-2-4-8-13)18-11-16(20)19-15-10-6-5-9-14(15)17/h2-10,12,18H,11H2,1H3,(H,19,20)/t12-/m1/s1. The smallest absolute Gasteiger partial charge is 0.238 e. The average Bonchev–Trinajstić information content (AvgIpc) is 2.48. The minimum absolute atomic E-state index is 0.0559. The maximum Gasteiger partial charge on any atom is 0.238 e. The van der Waals surface area contributed by atoms with E-state index in [4.69, 9.17) is 0 Å². The Balaban J connectivity index is 1.85. The van der Waals surface area contributed by atoms with Crippen LogP contribution in [-0.4, -0.2) is 12.5 Å². The zero-order valence-corrected chi connectivity index (χ0v) is 12.9. The van der Waals surface area contributed by atoms with Crippen molar-refractivity contribution in [2.75, 3.05) is 11.9 Å². The van der Waals surface area contributed by atoms with Crippen LogP contribution in [0.5, 0.6) is 0 Å². The maximum atomic E-state index is 11.9. The topological polar surface area (TPSA) is 41.1 Å². The molecule has 2 rings (SSSR count). The molecule has 104 valence electrons. The fourth-order valence-electron chi connectivity index (χ4n) is 1.86. The number of para-hydroxylation sites is 1. The van der Waals surface area contributed by atoms with E-state index in [9.17, 15) is 4.79 Å². The van der Waals surface area contributed by atoms with Gasteiger partial charge in [-0.1, -0.05) is 42.5 Å². The van der Waals surface area contributed by atoms with Crippen LogP contribution in [-0.2, 0) is 4.79 Å². The Bertz CT molecular complexity index is 572. The van der Waals surface area contributed by atoms with E-state index in [0.717, 1.165) is 10.2 Å². The summed E-state index contributed by atoms with van der Waals surface area (Å²) in [6, 6.07) is 17.8. The van der Waals surface area contributed by atoms with Crippen LogP contribution in [0.3, 0.4) is 0 Å². The minimum atomic E-state index is -0.0559. The normalized spacial score (nSPS) is 11.9. The van der Waals surface area contributed by atoms with Gasteiger partial charge in [-0.15, -0.1) is 0 Å². The molecule has 0 spiro atoms. The van der Waals surface area contributed by atoms with Crippen LogP contribution in [0.15, 0.2) is 59.1 Å². The van der Waals surface area contributed by atoms with Crippen molar-refractivity contribution in [2.45, 2.75) is 13.0 Å². The Morgan fingerprint density at radius 1 is 1.10 bits per heavy atom. The molecule has 2 aromatic rings. The Labute approximate surface area is 127 Å². The van der Waals surface area contributed by atoms with Crippen molar-refractivity contribution in [1.82, 2.24) is 5.32 Å². The van der Waals surface area contributed by atoms with Gasteiger partial charge in [-0.05, 0) is 40.5 Å². The van der Waals surface area contributed by atoms with E-state index in [1.165, 1.54) is 5.56 Å². The Morgan fingerprint density at radius 2 is 1.75 bits per heavy atom. The lowest BCUT2D eigenvalue weighted by molar-refractivity contribution is -0.115. The molecule has 4 heteroatoms. The van der Waals surface area contributed by atoms with Crippen LogP contribution in [0.2, 0.25) is 0 Å². The highest BCUT2D eigenvalue weighted by Crippen LogP contribution is 2.20. The molecule has 0 saturated heterocycles. The van der Waals surface area contributed by atoms with Gasteiger partial charge in [-0.2, -0.15) is 0 Å². The fourth-order valence-corrected chi connectivity index (χ4v) is 2.25. The van der Waals surface area contributed by atoms with E-state index in [1.54, 1.807) is 0 Å². The highest BCUT2D eigenvalue weighted by molar-refractivity contribution is 9.10. The van der Waals surface area contributed by atoms with Gasteiger partial charge in [0.1, 0.15) is 0 Å². The first-order valence-electron chi connectivity index (χ1n) is 6.49. The van der Waals surface area contributed by atoms with Crippen molar-refractivity contribution in [3.8, 4) is 0 Å². The van der Waals surface area contributed by atoms with Crippen LogP contribution in [0.4, 0.5) is 5.69 Å². The van der Waals surface area contributed by atoms with Crippen LogP contribution in [0.25, 0.3) is 0 Å². The van der Waals surface area contributed by atoms with E-state index < -0.39 is 0 Å². The van der Waals surface area contributed by atoms with Gasteiger partial charge >= 0.3 is 0 Å². The van der Waals surface area contributed by atoms with Gasteiger partial charge in [0.25, 0.3) is 0 Å². The molecule has 0 radical (unpaired) electrons. The van der Waals surface area contributed by atoms with E-state index >= 15 is 0 Å². The molecule has 1 atom stereocenters.